The molecule has 1 aromatic carbocycles. The Morgan fingerprint density at radius 3 is 2.33 bits per heavy atom. The normalized spacial score (nSPS) is 10.6. The summed E-state index contributed by atoms with van der Waals surface area (Å²) in [5, 5.41) is 5.25. The molecule has 0 unspecified atom stereocenters. The Balaban J connectivity index is 2.92. The second-order valence-electron chi connectivity index (χ2n) is 3.96. The summed E-state index contributed by atoms with van der Waals surface area (Å²) in [6.45, 7) is 3.71. The van der Waals surface area contributed by atoms with Crippen molar-refractivity contribution in [2.45, 2.75) is 24.7 Å². The van der Waals surface area contributed by atoms with Gasteiger partial charge in [-0.3, -0.25) is 9.59 Å². The molecular weight excluding hydrogens is 275 g/mol. The molecule has 18 heavy (non-hydrogen) atoms. The van der Waals surface area contributed by atoms with Crippen LogP contribution in [0.3, 0.4) is 0 Å². The second kappa shape index (κ2) is 6.61. The maximum Gasteiger partial charge on any atom is 0.257 e. The molecule has 98 valence electrons. The van der Waals surface area contributed by atoms with E-state index >= 15 is 0 Å². The molecule has 6 heteroatoms. The fourth-order valence-electron chi connectivity index (χ4n) is 1.32. The number of nitrogens with one attached hydrogen (secondary N) is 2. The summed E-state index contributed by atoms with van der Waals surface area (Å²) in [6, 6.07) is 6.66. The predicted octanol–water partition coefficient (Wildman–Crippen LogP) is 2.57. The van der Waals surface area contributed by atoms with Crippen molar-refractivity contribution in [3.63, 3.8) is 0 Å². The largest absolute Gasteiger partial charge is 0.350 e. The molecule has 0 aliphatic carbocycles. The first-order valence-corrected chi connectivity index (χ1v) is 6.28. The van der Waals surface area contributed by atoms with Crippen LogP contribution in [0.1, 0.15) is 24.2 Å². The minimum absolute atomic E-state index is 0.00931. The average molecular weight is 289 g/mol. The van der Waals surface area contributed by atoms with Crippen LogP contribution < -0.4 is 10.6 Å². The molecule has 1 aromatic rings. The zero-order valence-corrected chi connectivity index (χ0v) is 11.5. The van der Waals surface area contributed by atoms with Gasteiger partial charge >= 0.3 is 0 Å². The number of carbonyl (C=O) groups is 2. The minimum atomic E-state index is -1.17. The smallest absolute Gasteiger partial charge is 0.257 e. The van der Waals surface area contributed by atoms with E-state index in [0.717, 1.165) is 0 Å². The minimum Gasteiger partial charge on any atom is -0.350 e. The number of hydrogen-bond donors (Lipinski definition) is 2. The summed E-state index contributed by atoms with van der Waals surface area (Å²) in [5.74, 6) is -0.829. The number of carbonyl (C=O) groups excluding carboxylic acids is 2. The van der Waals surface area contributed by atoms with Crippen molar-refractivity contribution in [2.75, 3.05) is 5.32 Å². The van der Waals surface area contributed by atoms with E-state index in [1.807, 2.05) is 13.8 Å². The third-order valence-corrected chi connectivity index (χ3v) is 2.44. The van der Waals surface area contributed by atoms with E-state index in [2.05, 4.69) is 10.6 Å². The maximum absolute atomic E-state index is 11.9. The lowest BCUT2D eigenvalue weighted by Crippen LogP contribution is -2.31. The van der Waals surface area contributed by atoms with Gasteiger partial charge in [0.15, 0.2) is 4.84 Å². The highest BCUT2D eigenvalue weighted by Gasteiger charge is 2.16. The third kappa shape index (κ3) is 4.20. The highest BCUT2D eigenvalue weighted by atomic mass is 35.5. The molecule has 0 aliphatic rings. The molecule has 0 radical (unpaired) electrons. The predicted molar refractivity (Wildman–Crippen MR) is 73.2 cm³/mol. The van der Waals surface area contributed by atoms with Crippen molar-refractivity contribution in [1.82, 2.24) is 5.32 Å². The van der Waals surface area contributed by atoms with E-state index < -0.39 is 10.7 Å². The standard InChI is InChI=1S/C12H14Cl2N2O2/c1-7(2)15-11(17)8-5-3-4-6-9(8)16-12(18)10(13)14/h3-7,10H,1-2H3,(H,15,17)(H,16,18). The summed E-state index contributed by atoms with van der Waals surface area (Å²) >= 11 is 10.9. The fourth-order valence-corrected chi connectivity index (χ4v) is 1.43. The van der Waals surface area contributed by atoms with Crippen molar-refractivity contribution in [3.05, 3.63) is 29.8 Å². The van der Waals surface area contributed by atoms with Gasteiger partial charge in [-0.2, -0.15) is 0 Å². The first-order chi connectivity index (χ1) is 8.41. The Morgan fingerprint density at radius 2 is 1.78 bits per heavy atom. The van der Waals surface area contributed by atoms with Crippen molar-refractivity contribution in [3.8, 4) is 0 Å². The number of rotatable bonds is 4. The Labute approximate surface area is 116 Å². The van der Waals surface area contributed by atoms with Crippen molar-refractivity contribution < 1.29 is 9.59 Å². The lowest BCUT2D eigenvalue weighted by molar-refractivity contribution is -0.114. The Hall–Kier alpha value is -1.26. The van der Waals surface area contributed by atoms with Crippen LogP contribution >= 0.6 is 23.2 Å². The van der Waals surface area contributed by atoms with Crippen LogP contribution in [0.5, 0.6) is 0 Å². The molecule has 0 aromatic heterocycles. The van der Waals surface area contributed by atoms with Gasteiger partial charge in [0, 0.05) is 6.04 Å². The summed E-state index contributed by atoms with van der Waals surface area (Å²) in [7, 11) is 0. The number of amides is 2. The monoisotopic (exact) mass is 288 g/mol. The summed E-state index contributed by atoms with van der Waals surface area (Å²) in [6.07, 6.45) is 0. The Bertz CT molecular complexity index is 447. The van der Waals surface area contributed by atoms with Crippen molar-refractivity contribution >= 4 is 40.7 Å². The van der Waals surface area contributed by atoms with Gasteiger partial charge < -0.3 is 10.6 Å². The molecule has 0 bridgehead atoms. The van der Waals surface area contributed by atoms with Crippen LogP contribution in [0, 0.1) is 0 Å². The molecule has 2 amide bonds. The molecule has 0 saturated heterocycles. The topological polar surface area (TPSA) is 58.2 Å². The molecule has 0 fully saturated rings. The molecule has 4 nitrogen and oxygen atoms in total. The number of anilines is 1. The lowest BCUT2D eigenvalue weighted by Gasteiger charge is -2.13. The van der Waals surface area contributed by atoms with Crippen LogP contribution in [-0.2, 0) is 4.79 Å². The van der Waals surface area contributed by atoms with E-state index in [9.17, 15) is 9.59 Å². The molecule has 0 saturated carbocycles. The number of para-hydroxylation sites is 1. The van der Waals surface area contributed by atoms with Gasteiger partial charge in [0.2, 0.25) is 0 Å². The first kappa shape index (κ1) is 14.8. The maximum atomic E-state index is 11.9. The Kier molecular flexibility index (Phi) is 5.44. The molecular formula is C12H14Cl2N2O2. The van der Waals surface area contributed by atoms with E-state index in [1.165, 1.54) is 0 Å². The van der Waals surface area contributed by atoms with Gasteiger partial charge in [0.05, 0.1) is 11.3 Å². The summed E-state index contributed by atoms with van der Waals surface area (Å²) in [5.41, 5.74) is 0.750. The highest BCUT2D eigenvalue weighted by Crippen LogP contribution is 2.16. The number of halogens is 2. The zero-order chi connectivity index (χ0) is 13.7. The van der Waals surface area contributed by atoms with Gasteiger partial charge in [0.1, 0.15) is 0 Å². The van der Waals surface area contributed by atoms with Gasteiger partial charge in [-0.15, -0.1) is 0 Å². The van der Waals surface area contributed by atoms with Gasteiger partial charge in [-0.25, -0.2) is 0 Å². The Morgan fingerprint density at radius 1 is 1.17 bits per heavy atom. The summed E-state index contributed by atoms with van der Waals surface area (Å²) < 4.78 is 0. The van der Waals surface area contributed by atoms with Crippen LogP contribution in [0.2, 0.25) is 0 Å². The van der Waals surface area contributed by atoms with Gasteiger partial charge in [0.25, 0.3) is 11.8 Å². The van der Waals surface area contributed by atoms with Gasteiger partial charge in [-0.1, -0.05) is 35.3 Å². The first-order valence-electron chi connectivity index (χ1n) is 5.40. The average Bonchev–Trinajstić information content (AvgIpc) is 2.28. The molecule has 0 aliphatic heterocycles. The number of hydrogen-bond acceptors (Lipinski definition) is 2. The SMILES string of the molecule is CC(C)NC(=O)c1ccccc1NC(=O)C(Cl)Cl. The van der Waals surface area contributed by atoms with Crippen LogP contribution in [0.15, 0.2) is 24.3 Å². The van der Waals surface area contributed by atoms with Crippen molar-refractivity contribution in [2.24, 2.45) is 0 Å². The lowest BCUT2D eigenvalue weighted by atomic mass is 10.1. The molecule has 2 N–H and O–H groups in total. The van der Waals surface area contributed by atoms with E-state index in [4.69, 9.17) is 23.2 Å². The number of alkyl halides is 2. The van der Waals surface area contributed by atoms with Crippen LogP contribution in [0.4, 0.5) is 5.69 Å². The highest BCUT2D eigenvalue weighted by molar-refractivity contribution is 6.54. The van der Waals surface area contributed by atoms with Crippen LogP contribution in [-0.4, -0.2) is 22.7 Å². The van der Waals surface area contributed by atoms with Crippen molar-refractivity contribution in [1.29, 1.82) is 0 Å². The van der Waals surface area contributed by atoms with Gasteiger partial charge in [-0.05, 0) is 26.0 Å². The molecule has 0 atom stereocenters. The van der Waals surface area contributed by atoms with E-state index in [-0.39, 0.29) is 11.9 Å². The number of benzene rings is 1. The zero-order valence-electron chi connectivity index (χ0n) is 10.0. The van der Waals surface area contributed by atoms with Crippen LogP contribution in [0.25, 0.3) is 0 Å². The molecule has 1 rings (SSSR count). The van der Waals surface area contributed by atoms with E-state index in [0.29, 0.717) is 11.3 Å². The molecule has 0 spiro atoms. The molecule has 0 heterocycles. The summed E-state index contributed by atoms with van der Waals surface area (Å²) in [4.78, 5) is 22.1. The van der Waals surface area contributed by atoms with E-state index in [1.54, 1.807) is 24.3 Å². The second-order valence-corrected chi connectivity index (χ2v) is 5.06. The third-order valence-electron chi connectivity index (χ3n) is 2.05. The fraction of sp³-hybridized carbons (Fsp3) is 0.333. The quantitative estimate of drug-likeness (QED) is 0.837.